The average Bonchev–Trinajstić information content (AvgIpc) is 3.12. The summed E-state index contributed by atoms with van der Waals surface area (Å²) in [7, 11) is 0. The Bertz CT molecular complexity index is 910. The summed E-state index contributed by atoms with van der Waals surface area (Å²) in [4.78, 5) is 8.30. The molecule has 0 amide bonds. The Kier molecular flexibility index (Phi) is 6.51. The lowest BCUT2D eigenvalue weighted by molar-refractivity contribution is -0.0883. The fraction of sp³-hybridized carbons (Fsp3) is 0.381. The summed E-state index contributed by atoms with van der Waals surface area (Å²) < 4.78 is 42.0. The standard InChI is InChI=1S/C21H24F3N5/c1-3-6-15(12-16(7-4-2)21(22,23)24)18-13-19-17(8-5-11-29(19)28-18)27-20-14-25-9-10-26-20/h3,6-7,9-10,12-14,17H,4-5,8,11H2,1-2H3,(H,26,27)/b6-3-,15-12+,16-7-. The van der Waals surface area contributed by atoms with E-state index in [0.29, 0.717) is 23.5 Å². The average molecular weight is 403 g/mol. The first-order chi connectivity index (χ1) is 13.9. The molecule has 0 spiro atoms. The Labute approximate surface area is 168 Å². The van der Waals surface area contributed by atoms with Crippen molar-refractivity contribution in [3.8, 4) is 0 Å². The molecule has 0 radical (unpaired) electrons. The van der Waals surface area contributed by atoms with Crippen LogP contribution >= 0.6 is 0 Å². The molecule has 1 unspecified atom stereocenters. The molecule has 1 aliphatic heterocycles. The predicted octanol–water partition coefficient (Wildman–Crippen LogP) is 5.48. The van der Waals surface area contributed by atoms with Crippen molar-refractivity contribution in [3.05, 3.63) is 65.9 Å². The van der Waals surface area contributed by atoms with Gasteiger partial charge in [0.1, 0.15) is 5.82 Å². The molecule has 0 fully saturated rings. The van der Waals surface area contributed by atoms with Gasteiger partial charge in [-0.05, 0) is 38.3 Å². The van der Waals surface area contributed by atoms with Crippen LogP contribution < -0.4 is 5.32 Å². The molecule has 0 aromatic carbocycles. The van der Waals surface area contributed by atoms with Crippen LogP contribution in [0.3, 0.4) is 0 Å². The summed E-state index contributed by atoms with van der Waals surface area (Å²) >= 11 is 0. The molecule has 2 aromatic rings. The maximum absolute atomic E-state index is 13.4. The Hall–Kier alpha value is -2.90. The highest BCUT2D eigenvalue weighted by molar-refractivity contribution is 5.74. The van der Waals surface area contributed by atoms with Crippen LogP contribution in [-0.2, 0) is 6.54 Å². The minimum atomic E-state index is -4.40. The smallest absolute Gasteiger partial charge is 0.360 e. The largest absolute Gasteiger partial charge is 0.416 e. The molecular formula is C21H24F3N5. The molecule has 0 aliphatic carbocycles. The molecule has 2 aromatic heterocycles. The molecule has 3 rings (SSSR count). The van der Waals surface area contributed by atoms with E-state index in [4.69, 9.17) is 0 Å². The normalized spacial score (nSPS) is 18.2. The number of halogens is 3. The fourth-order valence-corrected chi connectivity index (χ4v) is 3.35. The zero-order valence-electron chi connectivity index (χ0n) is 16.4. The summed E-state index contributed by atoms with van der Waals surface area (Å²) in [6, 6.07) is 1.83. The SMILES string of the molecule is C\C=C/C(=C\C(=C\CC)C(F)(F)F)c1cc2n(n1)CCCC2Nc1cnccn1. The highest BCUT2D eigenvalue weighted by Crippen LogP contribution is 2.33. The molecule has 3 heterocycles. The van der Waals surface area contributed by atoms with E-state index >= 15 is 0 Å². The van der Waals surface area contributed by atoms with Gasteiger partial charge in [0.25, 0.3) is 0 Å². The molecule has 29 heavy (non-hydrogen) atoms. The summed E-state index contributed by atoms with van der Waals surface area (Å²) in [5.74, 6) is 0.656. The lowest BCUT2D eigenvalue weighted by Crippen LogP contribution is -2.22. The number of alkyl halides is 3. The Morgan fingerprint density at radius 1 is 1.34 bits per heavy atom. The lowest BCUT2D eigenvalue weighted by atomic mass is 10.0. The van der Waals surface area contributed by atoms with Crippen molar-refractivity contribution in [3.63, 3.8) is 0 Å². The molecule has 0 saturated carbocycles. The zero-order valence-corrected chi connectivity index (χ0v) is 16.4. The van der Waals surface area contributed by atoms with Gasteiger partial charge in [-0.15, -0.1) is 0 Å². The van der Waals surface area contributed by atoms with Crippen molar-refractivity contribution >= 4 is 11.4 Å². The number of hydrogen-bond donors (Lipinski definition) is 1. The number of hydrogen-bond acceptors (Lipinski definition) is 4. The lowest BCUT2D eigenvalue weighted by Gasteiger charge is -2.24. The molecule has 0 bridgehead atoms. The van der Waals surface area contributed by atoms with Gasteiger partial charge < -0.3 is 5.32 Å². The molecule has 1 N–H and O–H groups in total. The first kappa shape index (κ1) is 20.8. The van der Waals surface area contributed by atoms with Crippen LogP contribution in [-0.4, -0.2) is 25.9 Å². The van der Waals surface area contributed by atoms with E-state index in [0.717, 1.165) is 25.1 Å². The first-order valence-electron chi connectivity index (χ1n) is 9.64. The molecule has 5 nitrogen and oxygen atoms in total. The number of rotatable bonds is 6. The number of anilines is 1. The van der Waals surface area contributed by atoms with Gasteiger partial charge in [-0.25, -0.2) is 4.98 Å². The van der Waals surface area contributed by atoms with E-state index < -0.39 is 11.7 Å². The van der Waals surface area contributed by atoms with E-state index in [-0.39, 0.29) is 6.04 Å². The van der Waals surface area contributed by atoms with E-state index in [2.05, 4.69) is 20.4 Å². The second-order valence-electron chi connectivity index (χ2n) is 6.77. The summed E-state index contributed by atoms with van der Waals surface area (Å²) in [6.45, 7) is 4.19. The van der Waals surface area contributed by atoms with Gasteiger partial charge >= 0.3 is 6.18 Å². The zero-order chi connectivity index (χ0) is 20.9. The van der Waals surface area contributed by atoms with Crippen molar-refractivity contribution in [1.29, 1.82) is 0 Å². The topological polar surface area (TPSA) is 55.6 Å². The molecule has 0 saturated heterocycles. The number of nitrogens with zero attached hydrogens (tertiary/aromatic N) is 4. The van der Waals surface area contributed by atoms with Gasteiger partial charge in [-0.1, -0.05) is 25.2 Å². The summed E-state index contributed by atoms with van der Waals surface area (Å²) in [6.07, 6.45) is 8.30. The maximum Gasteiger partial charge on any atom is 0.416 e. The third kappa shape index (κ3) is 5.13. The Morgan fingerprint density at radius 2 is 2.17 bits per heavy atom. The number of aromatic nitrogens is 4. The monoisotopic (exact) mass is 403 g/mol. The van der Waals surface area contributed by atoms with Crippen molar-refractivity contribution in [2.24, 2.45) is 0 Å². The van der Waals surface area contributed by atoms with Gasteiger partial charge in [0, 0.05) is 24.5 Å². The number of aryl methyl sites for hydroxylation is 1. The second kappa shape index (κ2) is 9.07. The Balaban J connectivity index is 1.96. The fourth-order valence-electron chi connectivity index (χ4n) is 3.35. The van der Waals surface area contributed by atoms with Gasteiger partial charge in [0.2, 0.25) is 0 Å². The van der Waals surface area contributed by atoms with E-state index in [1.54, 1.807) is 44.6 Å². The molecule has 8 heteroatoms. The minimum Gasteiger partial charge on any atom is -0.360 e. The van der Waals surface area contributed by atoms with Crippen molar-refractivity contribution in [1.82, 2.24) is 19.7 Å². The summed E-state index contributed by atoms with van der Waals surface area (Å²) in [5, 5.41) is 7.93. The van der Waals surface area contributed by atoms with Crippen molar-refractivity contribution < 1.29 is 13.2 Å². The first-order valence-corrected chi connectivity index (χ1v) is 9.64. The van der Waals surface area contributed by atoms with Gasteiger partial charge in [0.05, 0.1) is 29.2 Å². The van der Waals surface area contributed by atoms with Crippen molar-refractivity contribution in [2.45, 2.75) is 51.9 Å². The van der Waals surface area contributed by atoms with E-state index in [1.165, 1.54) is 12.2 Å². The maximum atomic E-state index is 13.4. The van der Waals surface area contributed by atoms with Crippen LogP contribution in [0.1, 0.15) is 50.5 Å². The van der Waals surface area contributed by atoms with Crippen LogP contribution in [0, 0.1) is 0 Å². The number of allylic oxidation sites excluding steroid dienone is 6. The van der Waals surface area contributed by atoms with Crippen LogP contribution in [0.2, 0.25) is 0 Å². The van der Waals surface area contributed by atoms with E-state index in [9.17, 15) is 13.2 Å². The summed E-state index contributed by atoms with van der Waals surface area (Å²) in [5.41, 5.74) is 1.23. The molecular weight excluding hydrogens is 379 g/mol. The molecule has 154 valence electrons. The Morgan fingerprint density at radius 3 is 2.83 bits per heavy atom. The van der Waals surface area contributed by atoms with Crippen LogP contribution in [0.5, 0.6) is 0 Å². The van der Waals surface area contributed by atoms with E-state index in [1.807, 2.05) is 10.7 Å². The molecule has 1 atom stereocenters. The van der Waals surface area contributed by atoms with Gasteiger partial charge in [-0.3, -0.25) is 9.67 Å². The second-order valence-corrected chi connectivity index (χ2v) is 6.77. The highest BCUT2D eigenvalue weighted by atomic mass is 19.4. The third-order valence-electron chi connectivity index (χ3n) is 4.62. The number of nitrogens with one attached hydrogen (secondary N) is 1. The third-order valence-corrected chi connectivity index (χ3v) is 4.62. The van der Waals surface area contributed by atoms with Gasteiger partial charge in [0.15, 0.2) is 0 Å². The van der Waals surface area contributed by atoms with Crippen LogP contribution in [0.4, 0.5) is 19.0 Å². The number of fused-ring (bicyclic) bond motifs is 1. The van der Waals surface area contributed by atoms with Crippen LogP contribution in [0.25, 0.3) is 5.57 Å². The quantitative estimate of drug-likeness (QED) is 0.649. The predicted molar refractivity (Wildman–Crippen MR) is 107 cm³/mol. The highest BCUT2D eigenvalue weighted by Gasteiger charge is 2.32. The van der Waals surface area contributed by atoms with Crippen LogP contribution in [0.15, 0.2) is 54.5 Å². The van der Waals surface area contributed by atoms with Crippen molar-refractivity contribution in [2.75, 3.05) is 5.32 Å². The minimum absolute atomic E-state index is 0.0261. The molecule has 1 aliphatic rings. The van der Waals surface area contributed by atoms with Gasteiger partial charge in [-0.2, -0.15) is 18.3 Å².